The molecule has 160 valence electrons. The fourth-order valence-corrected chi connectivity index (χ4v) is 4.77. The molecule has 0 aromatic heterocycles. The summed E-state index contributed by atoms with van der Waals surface area (Å²) in [5, 5.41) is 4.73. The summed E-state index contributed by atoms with van der Waals surface area (Å²) >= 11 is 11.9. The molecule has 0 bridgehead atoms. The molecule has 31 heavy (non-hydrogen) atoms. The summed E-state index contributed by atoms with van der Waals surface area (Å²) in [7, 11) is -3.98. The predicted molar refractivity (Wildman–Crippen MR) is 124 cm³/mol. The van der Waals surface area contributed by atoms with Crippen LogP contribution < -0.4 is 9.73 Å². The first-order valence-corrected chi connectivity index (χ1v) is 11.4. The molecule has 0 saturated heterocycles. The van der Waals surface area contributed by atoms with Crippen molar-refractivity contribution in [1.29, 1.82) is 0 Å². The van der Waals surface area contributed by atoms with E-state index in [1.54, 1.807) is 67.6 Å². The second-order valence-corrected chi connectivity index (χ2v) is 9.28. The lowest BCUT2D eigenvalue weighted by Gasteiger charge is -2.25. The number of sulfonamides is 1. The van der Waals surface area contributed by atoms with Crippen LogP contribution in [0.15, 0.2) is 82.8 Å². The summed E-state index contributed by atoms with van der Waals surface area (Å²) in [6.07, 6.45) is 1.36. The predicted octanol–water partition coefficient (Wildman–Crippen LogP) is 4.65. The number of rotatable bonds is 7. The highest BCUT2D eigenvalue weighted by atomic mass is 35.5. The molecule has 1 N–H and O–H groups in total. The van der Waals surface area contributed by atoms with Gasteiger partial charge < -0.3 is 0 Å². The summed E-state index contributed by atoms with van der Waals surface area (Å²) in [6.45, 7) is 1.33. The third kappa shape index (κ3) is 5.64. The zero-order valence-electron chi connectivity index (χ0n) is 16.5. The maximum atomic E-state index is 13.3. The van der Waals surface area contributed by atoms with E-state index in [-0.39, 0.29) is 4.90 Å². The maximum Gasteiger partial charge on any atom is 0.264 e. The molecule has 0 heterocycles. The lowest BCUT2D eigenvalue weighted by Crippen LogP contribution is -2.40. The Labute approximate surface area is 191 Å². The van der Waals surface area contributed by atoms with Crippen molar-refractivity contribution in [3.8, 4) is 0 Å². The second kappa shape index (κ2) is 9.96. The summed E-state index contributed by atoms with van der Waals surface area (Å²) in [6, 6.07) is 19.7. The number of carbonyl (C=O) groups excluding carboxylic acids is 1. The lowest BCUT2D eigenvalue weighted by atomic mass is 10.2. The summed E-state index contributed by atoms with van der Waals surface area (Å²) in [5.74, 6) is -0.607. The van der Waals surface area contributed by atoms with Gasteiger partial charge >= 0.3 is 0 Å². The van der Waals surface area contributed by atoms with Gasteiger partial charge in [-0.25, -0.2) is 13.8 Å². The van der Waals surface area contributed by atoms with Crippen molar-refractivity contribution in [2.45, 2.75) is 11.8 Å². The Morgan fingerprint density at radius 1 is 1.03 bits per heavy atom. The van der Waals surface area contributed by atoms with E-state index in [0.29, 0.717) is 26.9 Å². The van der Waals surface area contributed by atoms with Gasteiger partial charge in [0, 0.05) is 10.6 Å². The van der Waals surface area contributed by atoms with E-state index in [1.165, 1.54) is 18.3 Å². The average molecular weight is 476 g/mol. The van der Waals surface area contributed by atoms with Crippen molar-refractivity contribution in [2.24, 2.45) is 5.10 Å². The van der Waals surface area contributed by atoms with Gasteiger partial charge in [-0.05, 0) is 42.8 Å². The number of benzene rings is 3. The van der Waals surface area contributed by atoms with Crippen LogP contribution in [-0.4, -0.2) is 27.1 Å². The van der Waals surface area contributed by atoms with E-state index in [4.69, 9.17) is 23.2 Å². The number of hydrogen-bond donors (Lipinski definition) is 1. The van der Waals surface area contributed by atoms with Crippen LogP contribution in [0.3, 0.4) is 0 Å². The molecule has 0 radical (unpaired) electrons. The topological polar surface area (TPSA) is 78.8 Å². The van der Waals surface area contributed by atoms with Crippen molar-refractivity contribution < 1.29 is 13.2 Å². The first kappa shape index (κ1) is 22.8. The Kier molecular flexibility index (Phi) is 7.33. The van der Waals surface area contributed by atoms with Gasteiger partial charge in [0.15, 0.2) is 0 Å². The Morgan fingerprint density at radius 2 is 1.71 bits per heavy atom. The number of anilines is 1. The maximum absolute atomic E-state index is 13.3. The molecule has 0 unspecified atom stereocenters. The molecule has 0 atom stereocenters. The van der Waals surface area contributed by atoms with E-state index < -0.39 is 22.5 Å². The molecule has 0 saturated carbocycles. The standard InChI is InChI=1S/C22H19Cl2N3O3S/c1-16-7-5-6-10-21(16)27(31(29,30)19-8-3-2-4-9-19)15-22(28)26-25-14-17-11-12-18(23)13-20(17)24/h2-14H,15H2,1H3,(H,26,28)/b25-14+. The molecule has 0 aliphatic heterocycles. The second-order valence-electron chi connectivity index (χ2n) is 6.57. The minimum Gasteiger partial charge on any atom is -0.271 e. The number of amides is 1. The number of nitrogens with zero attached hydrogens (tertiary/aromatic N) is 2. The van der Waals surface area contributed by atoms with Crippen LogP contribution >= 0.6 is 23.2 Å². The third-order valence-corrected chi connectivity index (χ3v) is 6.69. The molecule has 3 rings (SSSR count). The van der Waals surface area contributed by atoms with Gasteiger partial charge in [0.1, 0.15) is 6.54 Å². The molecular weight excluding hydrogens is 457 g/mol. The van der Waals surface area contributed by atoms with Crippen LogP contribution in [0, 0.1) is 6.92 Å². The molecular formula is C22H19Cl2N3O3S. The molecule has 0 aliphatic rings. The van der Waals surface area contributed by atoms with Gasteiger partial charge in [-0.2, -0.15) is 5.10 Å². The smallest absolute Gasteiger partial charge is 0.264 e. The van der Waals surface area contributed by atoms with Crippen LogP contribution in [-0.2, 0) is 14.8 Å². The van der Waals surface area contributed by atoms with Crippen LogP contribution in [0.1, 0.15) is 11.1 Å². The van der Waals surface area contributed by atoms with Crippen LogP contribution in [0.4, 0.5) is 5.69 Å². The third-order valence-electron chi connectivity index (χ3n) is 4.36. The van der Waals surface area contributed by atoms with Crippen molar-refractivity contribution in [2.75, 3.05) is 10.8 Å². The number of hydrazone groups is 1. The van der Waals surface area contributed by atoms with E-state index in [2.05, 4.69) is 10.5 Å². The molecule has 1 amide bonds. The largest absolute Gasteiger partial charge is 0.271 e. The highest BCUT2D eigenvalue weighted by molar-refractivity contribution is 7.92. The van der Waals surface area contributed by atoms with E-state index in [9.17, 15) is 13.2 Å². The zero-order valence-corrected chi connectivity index (χ0v) is 18.8. The highest BCUT2D eigenvalue weighted by Gasteiger charge is 2.27. The number of para-hydroxylation sites is 1. The van der Waals surface area contributed by atoms with Gasteiger partial charge in [-0.15, -0.1) is 0 Å². The first-order chi connectivity index (χ1) is 14.8. The Morgan fingerprint density at radius 3 is 2.39 bits per heavy atom. The average Bonchev–Trinajstić information content (AvgIpc) is 2.75. The molecule has 0 fully saturated rings. The SMILES string of the molecule is Cc1ccccc1N(CC(=O)N/N=C/c1ccc(Cl)cc1Cl)S(=O)(=O)c1ccccc1. The Hall–Kier alpha value is -2.87. The number of nitrogens with one attached hydrogen (secondary N) is 1. The summed E-state index contributed by atoms with van der Waals surface area (Å²) < 4.78 is 27.6. The van der Waals surface area contributed by atoms with Gasteiger partial charge in [0.05, 0.1) is 21.8 Å². The van der Waals surface area contributed by atoms with Gasteiger partial charge in [0.25, 0.3) is 15.9 Å². The number of aryl methyl sites for hydroxylation is 1. The molecule has 9 heteroatoms. The molecule has 0 spiro atoms. The van der Waals surface area contributed by atoms with Crippen molar-refractivity contribution >= 4 is 51.0 Å². The van der Waals surface area contributed by atoms with Crippen LogP contribution in [0.5, 0.6) is 0 Å². The monoisotopic (exact) mass is 475 g/mol. The van der Waals surface area contributed by atoms with Crippen molar-refractivity contribution in [3.05, 3.63) is 94.0 Å². The fourth-order valence-electron chi connectivity index (χ4n) is 2.81. The summed E-state index contributed by atoms with van der Waals surface area (Å²) in [5.41, 5.74) is 4.03. The molecule has 6 nitrogen and oxygen atoms in total. The zero-order chi connectivity index (χ0) is 22.4. The van der Waals surface area contributed by atoms with Crippen molar-refractivity contribution in [1.82, 2.24) is 5.43 Å². The van der Waals surface area contributed by atoms with Crippen molar-refractivity contribution in [3.63, 3.8) is 0 Å². The number of hydrogen-bond acceptors (Lipinski definition) is 4. The minimum absolute atomic E-state index is 0.0856. The number of halogens is 2. The number of carbonyl (C=O) groups is 1. The van der Waals surface area contributed by atoms with Gasteiger partial charge in [-0.3, -0.25) is 9.10 Å². The van der Waals surface area contributed by atoms with Crippen LogP contribution in [0.2, 0.25) is 10.0 Å². The lowest BCUT2D eigenvalue weighted by molar-refractivity contribution is -0.119. The first-order valence-electron chi connectivity index (χ1n) is 9.19. The van der Waals surface area contributed by atoms with Gasteiger partial charge in [0.2, 0.25) is 0 Å². The van der Waals surface area contributed by atoms with E-state index in [1.807, 2.05) is 0 Å². The molecule has 3 aromatic rings. The summed E-state index contributed by atoms with van der Waals surface area (Å²) in [4.78, 5) is 12.6. The fraction of sp³-hybridized carbons (Fsp3) is 0.0909. The molecule has 3 aromatic carbocycles. The van der Waals surface area contributed by atoms with E-state index >= 15 is 0 Å². The normalized spacial score (nSPS) is 11.5. The van der Waals surface area contributed by atoms with Gasteiger partial charge in [-0.1, -0.05) is 65.7 Å². The quantitative estimate of drug-likeness (QED) is 0.399. The Bertz CT molecular complexity index is 1220. The van der Waals surface area contributed by atoms with Crippen LogP contribution in [0.25, 0.3) is 0 Å². The Balaban J connectivity index is 1.84. The van der Waals surface area contributed by atoms with E-state index in [0.717, 1.165) is 4.31 Å². The minimum atomic E-state index is -3.98. The molecule has 0 aliphatic carbocycles. The highest BCUT2D eigenvalue weighted by Crippen LogP contribution is 2.26.